The largest absolute Gasteiger partial charge is 0.493 e. The Kier molecular flexibility index (Phi) is 6.08. The fraction of sp³-hybridized carbons (Fsp3) is 0.562. The van der Waals surface area contributed by atoms with Crippen LogP contribution in [0, 0.1) is 5.92 Å². The Morgan fingerprint density at radius 2 is 2.14 bits per heavy atom. The number of amides is 1. The molecular weight excluding hydrogens is 348 g/mol. The Hall–Kier alpha value is -1.27. The number of hydrogen-bond acceptors (Lipinski definition) is 4. The number of carbonyl (C=O) groups is 1. The minimum atomic E-state index is 0.0346. The van der Waals surface area contributed by atoms with Crippen molar-refractivity contribution in [3.63, 3.8) is 0 Å². The third-order valence-electron chi connectivity index (χ3n) is 4.05. The standard InChI is InChI=1S/C16H23BrN2O3/c1-21-14-7-10(6-13(17)15(14)22-2)9-19-16(20)11-4-3-5-12(18)8-11/h6-7,11-12H,3-5,8-9,18H2,1-2H3,(H,19,20). The Labute approximate surface area is 139 Å². The lowest BCUT2D eigenvalue weighted by molar-refractivity contribution is -0.126. The van der Waals surface area contributed by atoms with E-state index in [4.69, 9.17) is 15.2 Å². The van der Waals surface area contributed by atoms with Gasteiger partial charge in [0.25, 0.3) is 0 Å². The van der Waals surface area contributed by atoms with Crippen molar-refractivity contribution in [1.82, 2.24) is 5.32 Å². The van der Waals surface area contributed by atoms with Gasteiger partial charge in [0.05, 0.1) is 18.7 Å². The molecule has 0 radical (unpaired) electrons. The molecule has 1 aliphatic carbocycles. The summed E-state index contributed by atoms with van der Waals surface area (Å²) in [6, 6.07) is 3.95. The van der Waals surface area contributed by atoms with E-state index in [-0.39, 0.29) is 17.9 Å². The molecule has 2 rings (SSSR count). The van der Waals surface area contributed by atoms with E-state index in [1.165, 1.54) is 0 Å². The van der Waals surface area contributed by atoms with E-state index in [1.807, 2.05) is 12.1 Å². The third-order valence-corrected chi connectivity index (χ3v) is 4.63. The lowest BCUT2D eigenvalue weighted by Crippen LogP contribution is -2.37. The highest BCUT2D eigenvalue weighted by Crippen LogP contribution is 2.36. The molecule has 22 heavy (non-hydrogen) atoms. The molecule has 122 valence electrons. The van der Waals surface area contributed by atoms with Crippen molar-refractivity contribution in [2.75, 3.05) is 14.2 Å². The fourth-order valence-electron chi connectivity index (χ4n) is 2.87. The molecule has 0 spiro atoms. The smallest absolute Gasteiger partial charge is 0.223 e. The maximum Gasteiger partial charge on any atom is 0.223 e. The quantitative estimate of drug-likeness (QED) is 0.835. The second-order valence-electron chi connectivity index (χ2n) is 5.65. The predicted octanol–water partition coefficient (Wildman–Crippen LogP) is 2.60. The number of ether oxygens (including phenoxy) is 2. The Balaban J connectivity index is 1.99. The summed E-state index contributed by atoms with van der Waals surface area (Å²) < 4.78 is 11.4. The van der Waals surface area contributed by atoms with E-state index in [9.17, 15) is 4.79 Å². The molecule has 1 aromatic carbocycles. The predicted molar refractivity (Wildman–Crippen MR) is 89.0 cm³/mol. The maximum absolute atomic E-state index is 12.2. The van der Waals surface area contributed by atoms with Crippen molar-refractivity contribution in [2.24, 2.45) is 11.7 Å². The minimum absolute atomic E-state index is 0.0346. The van der Waals surface area contributed by atoms with Gasteiger partial charge in [-0.25, -0.2) is 0 Å². The van der Waals surface area contributed by atoms with Crippen LogP contribution in [0.5, 0.6) is 11.5 Å². The molecule has 1 fully saturated rings. The van der Waals surface area contributed by atoms with E-state index < -0.39 is 0 Å². The summed E-state index contributed by atoms with van der Waals surface area (Å²) in [7, 11) is 3.19. The summed E-state index contributed by atoms with van der Waals surface area (Å²) in [6.45, 7) is 0.462. The van der Waals surface area contributed by atoms with Crippen LogP contribution in [0.2, 0.25) is 0 Å². The molecule has 0 saturated heterocycles. The highest BCUT2D eigenvalue weighted by molar-refractivity contribution is 9.10. The number of rotatable bonds is 5. The fourth-order valence-corrected chi connectivity index (χ4v) is 3.52. The van der Waals surface area contributed by atoms with Crippen LogP contribution in [0.1, 0.15) is 31.2 Å². The molecule has 0 bridgehead atoms. The summed E-state index contributed by atoms with van der Waals surface area (Å²) in [5.74, 6) is 1.41. The van der Waals surface area contributed by atoms with Gasteiger partial charge in [-0.15, -0.1) is 0 Å². The second kappa shape index (κ2) is 7.83. The van der Waals surface area contributed by atoms with Gasteiger partial charge in [0.2, 0.25) is 5.91 Å². The lowest BCUT2D eigenvalue weighted by Gasteiger charge is -2.25. The van der Waals surface area contributed by atoms with Gasteiger partial charge in [-0.05, 0) is 52.9 Å². The van der Waals surface area contributed by atoms with Gasteiger partial charge in [-0.1, -0.05) is 6.42 Å². The molecule has 1 saturated carbocycles. The van der Waals surface area contributed by atoms with E-state index in [2.05, 4.69) is 21.2 Å². The number of nitrogens with one attached hydrogen (secondary N) is 1. The first-order valence-electron chi connectivity index (χ1n) is 7.48. The van der Waals surface area contributed by atoms with Gasteiger partial charge in [0.15, 0.2) is 11.5 Å². The number of methoxy groups -OCH3 is 2. The van der Waals surface area contributed by atoms with Crippen molar-refractivity contribution in [3.05, 3.63) is 22.2 Å². The minimum Gasteiger partial charge on any atom is -0.493 e. The van der Waals surface area contributed by atoms with Crippen molar-refractivity contribution in [2.45, 2.75) is 38.3 Å². The number of benzene rings is 1. The summed E-state index contributed by atoms with van der Waals surface area (Å²) in [6.07, 6.45) is 3.75. The van der Waals surface area contributed by atoms with E-state index in [0.29, 0.717) is 18.0 Å². The van der Waals surface area contributed by atoms with Crippen LogP contribution in [0.15, 0.2) is 16.6 Å². The monoisotopic (exact) mass is 370 g/mol. The first kappa shape index (κ1) is 17.1. The average molecular weight is 371 g/mol. The van der Waals surface area contributed by atoms with Gasteiger partial charge in [0.1, 0.15) is 0 Å². The van der Waals surface area contributed by atoms with Gasteiger partial charge in [-0.2, -0.15) is 0 Å². The highest BCUT2D eigenvalue weighted by Gasteiger charge is 2.25. The van der Waals surface area contributed by atoms with Crippen molar-refractivity contribution in [3.8, 4) is 11.5 Å². The SMILES string of the molecule is COc1cc(CNC(=O)C2CCCC(N)C2)cc(Br)c1OC. The summed E-state index contributed by atoms with van der Waals surface area (Å²) in [5, 5.41) is 2.99. The zero-order chi connectivity index (χ0) is 16.1. The van der Waals surface area contributed by atoms with Gasteiger partial charge >= 0.3 is 0 Å². The Morgan fingerprint density at radius 1 is 1.36 bits per heavy atom. The van der Waals surface area contributed by atoms with Crippen LogP contribution < -0.4 is 20.5 Å². The van der Waals surface area contributed by atoms with Crippen LogP contribution >= 0.6 is 15.9 Å². The van der Waals surface area contributed by atoms with Crippen LogP contribution in [-0.2, 0) is 11.3 Å². The van der Waals surface area contributed by atoms with Crippen LogP contribution in [0.4, 0.5) is 0 Å². The topological polar surface area (TPSA) is 73.6 Å². The van der Waals surface area contributed by atoms with E-state index in [0.717, 1.165) is 35.7 Å². The van der Waals surface area contributed by atoms with Crippen molar-refractivity contribution in [1.29, 1.82) is 0 Å². The molecular formula is C16H23BrN2O3. The molecule has 1 amide bonds. The average Bonchev–Trinajstić information content (AvgIpc) is 2.51. The molecule has 5 nitrogen and oxygen atoms in total. The first-order chi connectivity index (χ1) is 10.5. The molecule has 3 N–H and O–H groups in total. The van der Waals surface area contributed by atoms with Crippen molar-refractivity contribution < 1.29 is 14.3 Å². The number of carbonyl (C=O) groups excluding carboxylic acids is 1. The molecule has 6 heteroatoms. The normalized spacial score (nSPS) is 21.3. The summed E-state index contributed by atoms with van der Waals surface area (Å²) in [5.41, 5.74) is 6.90. The zero-order valence-corrected chi connectivity index (χ0v) is 14.6. The molecule has 2 atom stereocenters. The van der Waals surface area contributed by atoms with E-state index >= 15 is 0 Å². The Bertz CT molecular complexity index is 536. The second-order valence-corrected chi connectivity index (χ2v) is 6.51. The summed E-state index contributed by atoms with van der Waals surface area (Å²) >= 11 is 3.46. The molecule has 1 aromatic rings. The van der Waals surface area contributed by atoms with Crippen LogP contribution in [0.3, 0.4) is 0 Å². The molecule has 0 heterocycles. The zero-order valence-electron chi connectivity index (χ0n) is 13.0. The van der Waals surface area contributed by atoms with Gasteiger partial charge in [-0.3, -0.25) is 4.79 Å². The van der Waals surface area contributed by atoms with Crippen LogP contribution in [-0.4, -0.2) is 26.2 Å². The molecule has 0 aliphatic heterocycles. The molecule has 2 unspecified atom stereocenters. The molecule has 0 aromatic heterocycles. The number of nitrogens with two attached hydrogens (primary N) is 1. The van der Waals surface area contributed by atoms with Gasteiger partial charge in [0, 0.05) is 18.5 Å². The highest BCUT2D eigenvalue weighted by atomic mass is 79.9. The first-order valence-corrected chi connectivity index (χ1v) is 8.28. The number of halogens is 1. The Morgan fingerprint density at radius 3 is 2.77 bits per heavy atom. The molecule has 1 aliphatic rings. The lowest BCUT2D eigenvalue weighted by atomic mass is 9.85. The number of hydrogen-bond donors (Lipinski definition) is 2. The third kappa shape index (κ3) is 4.14. The van der Waals surface area contributed by atoms with Gasteiger partial charge < -0.3 is 20.5 Å². The van der Waals surface area contributed by atoms with E-state index in [1.54, 1.807) is 14.2 Å². The summed E-state index contributed by atoms with van der Waals surface area (Å²) in [4.78, 5) is 12.2. The van der Waals surface area contributed by atoms with Crippen molar-refractivity contribution >= 4 is 21.8 Å². The maximum atomic E-state index is 12.2. The van der Waals surface area contributed by atoms with Crippen LogP contribution in [0.25, 0.3) is 0 Å².